The molecule has 3 rings (SSSR count). The average Bonchev–Trinajstić information content (AvgIpc) is 2.56. The molecular formula is C17H19NO2S. The molecule has 0 bridgehead atoms. The summed E-state index contributed by atoms with van der Waals surface area (Å²) in [5.74, 6) is 0.890. The quantitative estimate of drug-likeness (QED) is 0.825. The van der Waals surface area contributed by atoms with Crippen molar-refractivity contribution in [3.05, 3.63) is 54.4 Å². The van der Waals surface area contributed by atoms with Crippen molar-refractivity contribution in [3.8, 4) is 5.75 Å². The van der Waals surface area contributed by atoms with Gasteiger partial charge in [0.05, 0.1) is 0 Å². The maximum absolute atomic E-state index is 5.77. The Bertz CT molecular complexity index is 538. The number of hydrogen-bond donors (Lipinski definition) is 0. The second-order valence-electron chi connectivity index (χ2n) is 5.03. The zero-order valence-corrected chi connectivity index (χ0v) is 12.7. The van der Waals surface area contributed by atoms with E-state index in [1.165, 1.54) is 17.7 Å². The van der Waals surface area contributed by atoms with Crippen LogP contribution in [0, 0.1) is 0 Å². The van der Waals surface area contributed by atoms with E-state index < -0.39 is 0 Å². The van der Waals surface area contributed by atoms with Crippen molar-refractivity contribution in [2.45, 2.75) is 36.2 Å². The van der Waals surface area contributed by atoms with E-state index >= 15 is 0 Å². The van der Waals surface area contributed by atoms with Crippen molar-refractivity contribution < 1.29 is 9.47 Å². The predicted octanol–water partition coefficient (Wildman–Crippen LogP) is 4.28. The molecular weight excluding hydrogens is 282 g/mol. The minimum absolute atomic E-state index is 0.308. The molecule has 1 aromatic heterocycles. The number of nitrogens with zero attached hydrogens (tertiary/aromatic N) is 1. The number of thioether (sulfide) groups is 1. The maximum atomic E-state index is 5.77. The van der Waals surface area contributed by atoms with Gasteiger partial charge in [-0.05, 0) is 61.2 Å². The van der Waals surface area contributed by atoms with Gasteiger partial charge in [-0.2, -0.15) is 0 Å². The molecule has 110 valence electrons. The molecule has 0 spiro atoms. The molecule has 3 nitrogen and oxygen atoms in total. The molecule has 0 saturated carbocycles. The van der Waals surface area contributed by atoms with E-state index in [0.29, 0.717) is 12.0 Å². The van der Waals surface area contributed by atoms with Gasteiger partial charge in [-0.25, -0.2) is 0 Å². The molecule has 1 saturated heterocycles. The largest absolute Gasteiger partial charge is 0.489 e. The second-order valence-corrected chi connectivity index (χ2v) is 6.26. The Balaban J connectivity index is 1.51. The van der Waals surface area contributed by atoms with E-state index in [9.17, 15) is 0 Å². The first kappa shape index (κ1) is 14.4. The van der Waals surface area contributed by atoms with E-state index in [2.05, 4.69) is 17.1 Å². The van der Waals surface area contributed by atoms with E-state index in [1.807, 2.05) is 24.3 Å². The monoisotopic (exact) mass is 301 g/mol. The van der Waals surface area contributed by atoms with Gasteiger partial charge in [0.15, 0.2) is 0 Å². The molecule has 4 heteroatoms. The molecule has 0 amide bonds. The molecule has 1 aliphatic heterocycles. The fraction of sp³-hybridized carbons (Fsp3) is 0.353. The van der Waals surface area contributed by atoms with Crippen molar-refractivity contribution in [1.29, 1.82) is 0 Å². The zero-order chi connectivity index (χ0) is 14.3. The first-order chi connectivity index (χ1) is 10.4. The van der Waals surface area contributed by atoms with Crippen LogP contribution in [0.3, 0.4) is 0 Å². The summed E-state index contributed by atoms with van der Waals surface area (Å²) < 4.78 is 11.5. The number of hydrogen-bond acceptors (Lipinski definition) is 4. The van der Waals surface area contributed by atoms with E-state index in [4.69, 9.17) is 9.47 Å². The van der Waals surface area contributed by atoms with E-state index in [0.717, 1.165) is 24.3 Å². The van der Waals surface area contributed by atoms with Gasteiger partial charge in [0.2, 0.25) is 0 Å². The first-order valence-corrected chi connectivity index (χ1v) is 8.18. The highest BCUT2D eigenvalue weighted by atomic mass is 32.2. The SMILES string of the molecule is c1cc(COc2ccc(SC3CCCCO3)cc2)ccn1. The molecule has 0 radical (unpaired) electrons. The van der Waals surface area contributed by atoms with Crippen LogP contribution in [0.15, 0.2) is 53.7 Å². The lowest BCUT2D eigenvalue weighted by molar-refractivity contribution is 0.0728. The zero-order valence-electron chi connectivity index (χ0n) is 11.9. The lowest BCUT2D eigenvalue weighted by Crippen LogP contribution is -2.14. The lowest BCUT2D eigenvalue weighted by Gasteiger charge is -2.21. The minimum atomic E-state index is 0.308. The average molecular weight is 301 g/mol. The smallest absolute Gasteiger partial charge is 0.119 e. The van der Waals surface area contributed by atoms with Gasteiger partial charge >= 0.3 is 0 Å². The van der Waals surface area contributed by atoms with E-state index in [1.54, 1.807) is 24.2 Å². The summed E-state index contributed by atoms with van der Waals surface area (Å²) in [6.45, 7) is 1.46. The summed E-state index contributed by atoms with van der Waals surface area (Å²) in [7, 11) is 0. The van der Waals surface area contributed by atoms with Crippen molar-refractivity contribution in [3.63, 3.8) is 0 Å². The van der Waals surface area contributed by atoms with Gasteiger partial charge in [0.1, 0.15) is 17.8 Å². The topological polar surface area (TPSA) is 31.4 Å². The highest BCUT2D eigenvalue weighted by Crippen LogP contribution is 2.31. The van der Waals surface area contributed by atoms with Crippen LogP contribution < -0.4 is 4.74 Å². The summed E-state index contributed by atoms with van der Waals surface area (Å²) in [5.41, 5.74) is 1.43. The van der Waals surface area contributed by atoms with Crippen molar-refractivity contribution >= 4 is 11.8 Å². The van der Waals surface area contributed by atoms with Crippen molar-refractivity contribution in [2.75, 3.05) is 6.61 Å². The highest BCUT2D eigenvalue weighted by molar-refractivity contribution is 7.99. The Labute approximate surface area is 129 Å². The molecule has 2 heterocycles. The minimum Gasteiger partial charge on any atom is -0.489 e. The summed E-state index contributed by atoms with van der Waals surface area (Å²) in [6, 6.07) is 12.2. The van der Waals surface area contributed by atoms with Gasteiger partial charge in [-0.1, -0.05) is 11.8 Å². The molecule has 1 aromatic carbocycles. The standard InChI is InChI=1S/C17H19NO2S/c1-2-12-19-17(3-1)21-16-6-4-15(5-7-16)20-13-14-8-10-18-11-9-14/h4-11,17H,1-3,12-13H2. The van der Waals surface area contributed by atoms with E-state index in [-0.39, 0.29) is 0 Å². The normalized spacial score (nSPS) is 18.4. The summed E-state index contributed by atoms with van der Waals surface area (Å²) in [5, 5.41) is 0. The predicted molar refractivity (Wildman–Crippen MR) is 84.5 cm³/mol. The molecule has 1 fully saturated rings. The van der Waals surface area contributed by atoms with Gasteiger partial charge in [-0.15, -0.1) is 0 Å². The summed E-state index contributed by atoms with van der Waals surface area (Å²) >= 11 is 1.80. The van der Waals surface area contributed by atoms with Crippen molar-refractivity contribution in [1.82, 2.24) is 4.98 Å². The number of rotatable bonds is 5. The molecule has 0 N–H and O–H groups in total. The van der Waals surface area contributed by atoms with Gasteiger partial charge in [0, 0.05) is 23.9 Å². The second kappa shape index (κ2) is 7.48. The molecule has 0 aliphatic carbocycles. The third-order valence-corrected chi connectivity index (χ3v) is 4.56. The Kier molecular flexibility index (Phi) is 5.13. The molecule has 21 heavy (non-hydrogen) atoms. The third kappa shape index (κ3) is 4.48. The fourth-order valence-corrected chi connectivity index (χ4v) is 3.26. The van der Waals surface area contributed by atoms with Gasteiger partial charge < -0.3 is 9.47 Å². The van der Waals surface area contributed by atoms with Crippen LogP contribution in [-0.2, 0) is 11.3 Å². The molecule has 1 unspecified atom stereocenters. The Morgan fingerprint density at radius 3 is 2.62 bits per heavy atom. The Morgan fingerprint density at radius 2 is 1.90 bits per heavy atom. The summed E-state index contributed by atoms with van der Waals surface area (Å²) in [4.78, 5) is 5.23. The maximum Gasteiger partial charge on any atom is 0.119 e. The number of aromatic nitrogens is 1. The Hall–Kier alpha value is -1.52. The number of benzene rings is 1. The molecule has 1 atom stereocenters. The van der Waals surface area contributed by atoms with Crippen LogP contribution in [0.25, 0.3) is 0 Å². The number of pyridine rings is 1. The summed E-state index contributed by atoms with van der Waals surface area (Å²) in [6.07, 6.45) is 7.17. The Morgan fingerprint density at radius 1 is 1.10 bits per heavy atom. The van der Waals surface area contributed by atoms with Gasteiger partial charge in [0.25, 0.3) is 0 Å². The van der Waals surface area contributed by atoms with Crippen LogP contribution in [-0.4, -0.2) is 17.0 Å². The lowest BCUT2D eigenvalue weighted by atomic mass is 10.2. The van der Waals surface area contributed by atoms with Crippen LogP contribution in [0.4, 0.5) is 0 Å². The van der Waals surface area contributed by atoms with Crippen LogP contribution in [0.5, 0.6) is 5.75 Å². The van der Waals surface area contributed by atoms with Crippen molar-refractivity contribution in [2.24, 2.45) is 0 Å². The molecule has 1 aliphatic rings. The first-order valence-electron chi connectivity index (χ1n) is 7.30. The fourth-order valence-electron chi connectivity index (χ4n) is 2.22. The number of ether oxygens (including phenoxy) is 2. The van der Waals surface area contributed by atoms with Gasteiger partial charge in [-0.3, -0.25) is 4.98 Å². The third-order valence-electron chi connectivity index (χ3n) is 3.38. The van der Waals surface area contributed by atoms with Crippen LogP contribution in [0.1, 0.15) is 24.8 Å². The van der Waals surface area contributed by atoms with Crippen LogP contribution in [0.2, 0.25) is 0 Å². The highest BCUT2D eigenvalue weighted by Gasteiger charge is 2.14. The molecule has 2 aromatic rings. The van der Waals surface area contributed by atoms with Crippen LogP contribution >= 0.6 is 11.8 Å².